The van der Waals surface area contributed by atoms with Gasteiger partial charge in [-0.1, -0.05) is 53.9 Å². The molecule has 0 bridgehead atoms. The smallest absolute Gasteiger partial charge is 0.155 e. The molecule has 0 aliphatic heterocycles. The molecule has 3 saturated carbocycles. The average molecular weight is 401 g/mol. The lowest BCUT2D eigenvalue weighted by Gasteiger charge is -2.59. The van der Waals surface area contributed by atoms with Gasteiger partial charge in [0.25, 0.3) is 0 Å². The van der Waals surface area contributed by atoms with Gasteiger partial charge in [0.05, 0.1) is 6.10 Å². The Hall–Kier alpha value is -0.630. The average Bonchev–Trinajstić information content (AvgIpc) is 3.00. The molecule has 0 unspecified atom stereocenters. The molecule has 4 aliphatic rings. The Bertz CT molecular complexity index is 663. The minimum atomic E-state index is -0.393. The third-order valence-corrected chi connectivity index (χ3v) is 10.2. The van der Waals surface area contributed by atoms with Crippen LogP contribution in [-0.2, 0) is 4.79 Å². The number of hydrogen-bond acceptors (Lipinski definition) is 2. The van der Waals surface area contributed by atoms with E-state index in [4.69, 9.17) is 0 Å². The van der Waals surface area contributed by atoms with Crippen molar-refractivity contribution in [2.45, 2.75) is 105 Å². The zero-order valence-corrected chi connectivity index (χ0v) is 19.5. The fourth-order valence-corrected chi connectivity index (χ4v) is 8.63. The first-order valence-electron chi connectivity index (χ1n) is 12.6. The lowest BCUT2D eigenvalue weighted by molar-refractivity contribution is -0.119. The van der Waals surface area contributed by atoms with Crippen molar-refractivity contribution in [1.29, 1.82) is 0 Å². The van der Waals surface area contributed by atoms with Gasteiger partial charge in [0.15, 0.2) is 5.78 Å². The van der Waals surface area contributed by atoms with Gasteiger partial charge in [0.1, 0.15) is 0 Å². The van der Waals surface area contributed by atoms with E-state index in [0.29, 0.717) is 23.7 Å². The minimum Gasteiger partial charge on any atom is -0.389 e. The Morgan fingerprint density at radius 1 is 1.07 bits per heavy atom. The Kier molecular flexibility index (Phi) is 5.82. The van der Waals surface area contributed by atoms with E-state index in [1.54, 1.807) is 0 Å². The highest BCUT2D eigenvalue weighted by Gasteiger charge is 2.60. The first-order valence-corrected chi connectivity index (χ1v) is 12.6. The molecule has 0 spiro atoms. The monoisotopic (exact) mass is 400 g/mol. The molecule has 4 aliphatic carbocycles. The topological polar surface area (TPSA) is 37.3 Å². The van der Waals surface area contributed by atoms with E-state index in [-0.39, 0.29) is 11.2 Å². The Labute approximate surface area is 178 Å². The molecule has 8 atom stereocenters. The summed E-state index contributed by atoms with van der Waals surface area (Å²) in [6, 6.07) is 0. The third kappa shape index (κ3) is 3.56. The van der Waals surface area contributed by atoms with E-state index < -0.39 is 6.10 Å². The zero-order chi connectivity index (χ0) is 21.0. The largest absolute Gasteiger partial charge is 0.389 e. The number of carbonyl (C=O) groups is 1. The summed E-state index contributed by atoms with van der Waals surface area (Å²) in [7, 11) is 0. The standard InChI is InChI=1S/C27H44O2/c1-17(2)7-6-8-18(3)21-9-10-22-20-16-25(29)24-15-19(28)11-13-27(24,5)23(20)12-14-26(21,22)4/h15,17-18,20-23,25,29H,6-14,16H2,1-5H3/t18-,20-,21+,22+,23-,25-,26+,27+/m0/s1. The van der Waals surface area contributed by atoms with Gasteiger partial charge in [-0.15, -0.1) is 0 Å². The molecule has 0 aromatic heterocycles. The summed E-state index contributed by atoms with van der Waals surface area (Å²) in [6.07, 6.45) is 13.5. The molecule has 0 heterocycles. The second-order valence-corrected chi connectivity index (χ2v) is 12.1. The van der Waals surface area contributed by atoms with Crippen LogP contribution in [0.4, 0.5) is 0 Å². The molecule has 2 heteroatoms. The van der Waals surface area contributed by atoms with Crippen LogP contribution in [0, 0.1) is 46.3 Å². The number of aliphatic hydroxyl groups excluding tert-OH is 1. The lowest BCUT2D eigenvalue weighted by Crippen LogP contribution is -2.54. The highest BCUT2D eigenvalue weighted by atomic mass is 16.3. The van der Waals surface area contributed by atoms with Crippen molar-refractivity contribution in [3.8, 4) is 0 Å². The van der Waals surface area contributed by atoms with Gasteiger partial charge in [-0.2, -0.15) is 0 Å². The van der Waals surface area contributed by atoms with Crippen LogP contribution in [0.1, 0.15) is 98.8 Å². The van der Waals surface area contributed by atoms with E-state index in [2.05, 4.69) is 34.6 Å². The van der Waals surface area contributed by atoms with Gasteiger partial charge < -0.3 is 5.11 Å². The summed E-state index contributed by atoms with van der Waals surface area (Å²) in [5, 5.41) is 11.1. The van der Waals surface area contributed by atoms with E-state index in [1.807, 2.05) is 6.08 Å². The van der Waals surface area contributed by atoms with Crippen molar-refractivity contribution in [2.75, 3.05) is 0 Å². The zero-order valence-electron chi connectivity index (χ0n) is 19.5. The number of hydrogen-bond donors (Lipinski definition) is 1. The van der Waals surface area contributed by atoms with Crippen LogP contribution in [0.3, 0.4) is 0 Å². The minimum absolute atomic E-state index is 0.0541. The molecule has 0 radical (unpaired) electrons. The fraction of sp³-hybridized carbons (Fsp3) is 0.889. The molecule has 2 nitrogen and oxygen atoms in total. The van der Waals surface area contributed by atoms with Gasteiger partial charge in [0.2, 0.25) is 0 Å². The Balaban J connectivity index is 1.53. The van der Waals surface area contributed by atoms with Crippen molar-refractivity contribution < 1.29 is 9.90 Å². The molecular formula is C27H44O2. The fourth-order valence-electron chi connectivity index (χ4n) is 8.63. The van der Waals surface area contributed by atoms with Crippen molar-refractivity contribution >= 4 is 5.78 Å². The van der Waals surface area contributed by atoms with Crippen LogP contribution in [0.2, 0.25) is 0 Å². The summed E-state index contributed by atoms with van der Waals surface area (Å²) < 4.78 is 0. The van der Waals surface area contributed by atoms with Crippen LogP contribution < -0.4 is 0 Å². The molecule has 0 aromatic carbocycles. The number of rotatable bonds is 5. The first kappa shape index (κ1) is 21.6. The van der Waals surface area contributed by atoms with E-state index >= 15 is 0 Å². The summed E-state index contributed by atoms with van der Waals surface area (Å²) in [5.74, 6) is 4.81. The van der Waals surface area contributed by atoms with Crippen molar-refractivity contribution in [3.63, 3.8) is 0 Å². The second-order valence-electron chi connectivity index (χ2n) is 12.1. The van der Waals surface area contributed by atoms with Crippen molar-refractivity contribution in [1.82, 2.24) is 0 Å². The summed E-state index contributed by atoms with van der Waals surface area (Å²) in [5.41, 5.74) is 1.59. The first-order chi connectivity index (χ1) is 13.7. The Morgan fingerprint density at radius 3 is 2.55 bits per heavy atom. The van der Waals surface area contributed by atoms with Crippen LogP contribution in [0.25, 0.3) is 0 Å². The van der Waals surface area contributed by atoms with E-state index in [9.17, 15) is 9.90 Å². The molecule has 0 amide bonds. The number of ketones is 1. The maximum atomic E-state index is 12.1. The molecule has 4 rings (SSSR count). The number of fused-ring (bicyclic) bond motifs is 5. The van der Waals surface area contributed by atoms with Crippen LogP contribution in [0.15, 0.2) is 11.6 Å². The van der Waals surface area contributed by atoms with Gasteiger partial charge in [0, 0.05) is 6.42 Å². The third-order valence-electron chi connectivity index (χ3n) is 10.2. The lowest BCUT2D eigenvalue weighted by atomic mass is 9.46. The number of aliphatic hydroxyl groups is 1. The molecule has 1 N–H and O–H groups in total. The summed E-state index contributed by atoms with van der Waals surface area (Å²) >= 11 is 0. The van der Waals surface area contributed by atoms with E-state index in [0.717, 1.165) is 42.1 Å². The summed E-state index contributed by atoms with van der Waals surface area (Å²) in [6.45, 7) is 12.2. The maximum Gasteiger partial charge on any atom is 0.155 e. The maximum absolute atomic E-state index is 12.1. The highest BCUT2D eigenvalue weighted by Crippen LogP contribution is 2.67. The van der Waals surface area contributed by atoms with Gasteiger partial charge in [-0.05, 0) is 96.5 Å². The van der Waals surface area contributed by atoms with Crippen LogP contribution in [0.5, 0.6) is 0 Å². The normalized spacial score (nSPS) is 45.4. The molecule has 164 valence electrons. The molecule has 3 fully saturated rings. The van der Waals surface area contributed by atoms with Crippen LogP contribution in [-0.4, -0.2) is 17.0 Å². The predicted octanol–water partition coefficient (Wildman–Crippen LogP) is 6.57. The van der Waals surface area contributed by atoms with Gasteiger partial charge >= 0.3 is 0 Å². The van der Waals surface area contributed by atoms with Gasteiger partial charge in [-0.3, -0.25) is 4.79 Å². The molecular weight excluding hydrogens is 356 g/mol. The van der Waals surface area contributed by atoms with E-state index in [1.165, 1.54) is 44.9 Å². The molecule has 0 aromatic rings. The highest BCUT2D eigenvalue weighted by molar-refractivity contribution is 5.91. The molecule has 0 saturated heterocycles. The second kappa shape index (κ2) is 7.81. The van der Waals surface area contributed by atoms with Crippen molar-refractivity contribution in [3.05, 3.63) is 11.6 Å². The Morgan fingerprint density at radius 2 is 1.83 bits per heavy atom. The molecule has 29 heavy (non-hydrogen) atoms. The SMILES string of the molecule is CC(C)CCC[C@H](C)[C@H]1CC[C@@H]2[C@@H]3C[C@H](O)C4=CC(=O)CC[C@]4(C)[C@H]3CC[C@@]21C. The predicted molar refractivity (Wildman–Crippen MR) is 119 cm³/mol. The van der Waals surface area contributed by atoms with Gasteiger partial charge in [-0.25, -0.2) is 0 Å². The number of carbonyl (C=O) groups excluding carboxylic acids is 1. The van der Waals surface area contributed by atoms with Crippen molar-refractivity contribution in [2.24, 2.45) is 46.3 Å². The summed E-state index contributed by atoms with van der Waals surface area (Å²) in [4.78, 5) is 12.1. The quantitative estimate of drug-likeness (QED) is 0.567. The van der Waals surface area contributed by atoms with Crippen LogP contribution >= 0.6 is 0 Å².